The van der Waals surface area contributed by atoms with Crippen molar-refractivity contribution in [2.24, 2.45) is 5.92 Å². The summed E-state index contributed by atoms with van der Waals surface area (Å²) in [7, 11) is 0. The Morgan fingerprint density at radius 2 is 1.95 bits per heavy atom. The third-order valence-electron chi connectivity index (χ3n) is 3.99. The van der Waals surface area contributed by atoms with E-state index in [0.717, 1.165) is 38.6 Å². The van der Waals surface area contributed by atoms with Crippen molar-refractivity contribution in [2.45, 2.75) is 26.7 Å². The fourth-order valence-electron chi connectivity index (χ4n) is 2.70. The molecule has 1 saturated heterocycles. The van der Waals surface area contributed by atoms with Crippen LogP contribution in [0.3, 0.4) is 0 Å². The van der Waals surface area contributed by atoms with Gasteiger partial charge in [0, 0.05) is 31.7 Å². The largest absolute Gasteiger partial charge is 0.336 e. The van der Waals surface area contributed by atoms with Gasteiger partial charge in [0.25, 0.3) is 5.91 Å². The number of nitrogens with zero attached hydrogens (tertiary/aromatic N) is 2. The highest BCUT2D eigenvalue weighted by atomic mass is 19.1. The third-order valence-corrected chi connectivity index (χ3v) is 3.99. The molecule has 0 saturated carbocycles. The summed E-state index contributed by atoms with van der Waals surface area (Å²) in [5, 5.41) is 0. The maximum absolute atomic E-state index is 13.2. The molecule has 0 atom stereocenters. The monoisotopic (exact) mass is 292 g/mol. The lowest BCUT2D eigenvalue weighted by atomic mass is 10.1. The van der Waals surface area contributed by atoms with Gasteiger partial charge in [-0.25, -0.2) is 4.39 Å². The predicted octanol–water partition coefficient (Wildman–Crippen LogP) is 3.02. The highest BCUT2D eigenvalue weighted by Crippen LogP contribution is 2.11. The maximum atomic E-state index is 13.2. The number of hydrogen-bond acceptors (Lipinski definition) is 2. The first kappa shape index (κ1) is 16.0. The molecule has 1 aromatic rings. The van der Waals surface area contributed by atoms with Gasteiger partial charge in [0.1, 0.15) is 5.82 Å². The molecule has 3 nitrogen and oxygen atoms in total. The highest BCUT2D eigenvalue weighted by Gasteiger charge is 2.22. The summed E-state index contributed by atoms with van der Waals surface area (Å²) in [6.45, 7) is 8.90. The Balaban J connectivity index is 1.79. The predicted molar refractivity (Wildman–Crippen MR) is 82.8 cm³/mol. The Hall–Kier alpha value is -1.42. The van der Waals surface area contributed by atoms with Crippen molar-refractivity contribution >= 4 is 5.91 Å². The summed E-state index contributed by atoms with van der Waals surface area (Å²) < 4.78 is 13.2. The van der Waals surface area contributed by atoms with Crippen LogP contribution in [0.15, 0.2) is 24.3 Å². The van der Waals surface area contributed by atoms with Crippen LogP contribution in [-0.2, 0) is 0 Å². The van der Waals surface area contributed by atoms with Gasteiger partial charge in [-0.15, -0.1) is 0 Å². The number of hydrogen-bond donors (Lipinski definition) is 0. The summed E-state index contributed by atoms with van der Waals surface area (Å²) in [6.07, 6.45) is 2.47. The Bertz CT molecular complexity index is 468. The fourth-order valence-corrected chi connectivity index (χ4v) is 2.70. The maximum Gasteiger partial charge on any atom is 0.254 e. The van der Waals surface area contributed by atoms with Crippen LogP contribution in [0.4, 0.5) is 4.39 Å². The molecular weight excluding hydrogens is 267 g/mol. The average molecular weight is 292 g/mol. The molecule has 0 unspecified atom stereocenters. The van der Waals surface area contributed by atoms with Crippen LogP contribution < -0.4 is 0 Å². The van der Waals surface area contributed by atoms with E-state index in [-0.39, 0.29) is 11.7 Å². The van der Waals surface area contributed by atoms with Gasteiger partial charge in [0.2, 0.25) is 0 Å². The zero-order valence-electron chi connectivity index (χ0n) is 13.0. The van der Waals surface area contributed by atoms with Crippen molar-refractivity contribution in [2.75, 3.05) is 32.7 Å². The molecule has 116 valence electrons. The molecule has 0 aromatic heterocycles. The molecule has 2 rings (SSSR count). The Morgan fingerprint density at radius 3 is 2.57 bits per heavy atom. The SMILES string of the molecule is CC(C)CCCN1CCN(C(=O)c2cccc(F)c2)CC1. The van der Waals surface area contributed by atoms with Gasteiger partial charge in [-0.1, -0.05) is 19.9 Å². The van der Waals surface area contributed by atoms with Crippen LogP contribution in [-0.4, -0.2) is 48.4 Å². The molecule has 4 heteroatoms. The van der Waals surface area contributed by atoms with Gasteiger partial charge in [-0.2, -0.15) is 0 Å². The number of rotatable bonds is 5. The molecule has 0 radical (unpaired) electrons. The van der Waals surface area contributed by atoms with E-state index in [9.17, 15) is 9.18 Å². The van der Waals surface area contributed by atoms with Crippen molar-refractivity contribution in [3.63, 3.8) is 0 Å². The van der Waals surface area contributed by atoms with Gasteiger partial charge in [0.15, 0.2) is 0 Å². The lowest BCUT2D eigenvalue weighted by Gasteiger charge is -2.34. The smallest absolute Gasteiger partial charge is 0.254 e. The number of carbonyl (C=O) groups excluding carboxylic acids is 1. The number of piperazine rings is 1. The van der Waals surface area contributed by atoms with Crippen LogP contribution in [0.25, 0.3) is 0 Å². The minimum absolute atomic E-state index is 0.0590. The summed E-state index contributed by atoms with van der Waals surface area (Å²) in [5.41, 5.74) is 0.447. The first-order valence-electron chi connectivity index (χ1n) is 7.83. The topological polar surface area (TPSA) is 23.6 Å². The molecule has 1 aliphatic rings. The van der Waals surface area contributed by atoms with Crippen LogP contribution in [0.5, 0.6) is 0 Å². The molecule has 0 bridgehead atoms. The first-order chi connectivity index (χ1) is 10.1. The van der Waals surface area contributed by atoms with Crippen molar-refractivity contribution < 1.29 is 9.18 Å². The quantitative estimate of drug-likeness (QED) is 0.833. The summed E-state index contributed by atoms with van der Waals surface area (Å²) >= 11 is 0. The van der Waals surface area contributed by atoms with E-state index < -0.39 is 0 Å². The van der Waals surface area contributed by atoms with E-state index in [4.69, 9.17) is 0 Å². The average Bonchev–Trinajstić information content (AvgIpc) is 2.47. The van der Waals surface area contributed by atoms with Gasteiger partial charge in [0.05, 0.1) is 0 Å². The van der Waals surface area contributed by atoms with E-state index in [1.54, 1.807) is 12.1 Å². The molecule has 0 aliphatic carbocycles. The Morgan fingerprint density at radius 1 is 1.24 bits per heavy atom. The van der Waals surface area contributed by atoms with Crippen LogP contribution in [0.1, 0.15) is 37.0 Å². The van der Waals surface area contributed by atoms with E-state index in [0.29, 0.717) is 5.56 Å². The minimum atomic E-state index is -0.354. The zero-order chi connectivity index (χ0) is 15.2. The van der Waals surface area contributed by atoms with Crippen LogP contribution in [0, 0.1) is 11.7 Å². The van der Waals surface area contributed by atoms with Crippen LogP contribution >= 0.6 is 0 Å². The van der Waals surface area contributed by atoms with Crippen molar-refractivity contribution in [1.29, 1.82) is 0 Å². The molecule has 1 heterocycles. The fraction of sp³-hybridized carbons (Fsp3) is 0.588. The number of benzene rings is 1. The standard InChI is InChI=1S/C17H25FN2O/c1-14(2)5-4-8-19-9-11-20(12-10-19)17(21)15-6-3-7-16(18)13-15/h3,6-7,13-14H,4-5,8-12H2,1-2H3. The normalized spacial score (nSPS) is 16.5. The van der Waals surface area contributed by atoms with Gasteiger partial charge < -0.3 is 4.90 Å². The Kier molecular flexibility index (Phi) is 5.74. The summed E-state index contributed by atoms with van der Waals surface area (Å²) in [6, 6.07) is 5.95. The van der Waals surface area contributed by atoms with E-state index in [2.05, 4.69) is 18.7 Å². The Labute approximate surface area is 126 Å². The van der Waals surface area contributed by atoms with Crippen molar-refractivity contribution in [3.8, 4) is 0 Å². The lowest BCUT2D eigenvalue weighted by molar-refractivity contribution is 0.0634. The number of amides is 1. The third kappa shape index (κ3) is 4.81. The molecule has 0 spiro atoms. The second kappa shape index (κ2) is 7.55. The zero-order valence-corrected chi connectivity index (χ0v) is 13.0. The molecular formula is C17H25FN2O. The highest BCUT2D eigenvalue weighted by molar-refractivity contribution is 5.94. The lowest BCUT2D eigenvalue weighted by Crippen LogP contribution is -2.48. The van der Waals surface area contributed by atoms with Crippen LogP contribution in [0.2, 0.25) is 0 Å². The molecule has 1 amide bonds. The van der Waals surface area contributed by atoms with E-state index in [1.807, 2.05) is 4.90 Å². The first-order valence-corrected chi connectivity index (χ1v) is 7.83. The number of halogens is 1. The summed E-state index contributed by atoms with van der Waals surface area (Å²) in [5.74, 6) is 0.338. The second-order valence-electron chi connectivity index (χ2n) is 6.18. The molecule has 1 aromatic carbocycles. The van der Waals surface area contributed by atoms with Gasteiger partial charge in [-0.05, 0) is 43.5 Å². The number of carbonyl (C=O) groups is 1. The molecule has 21 heavy (non-hydrogen) atoms. The minimum Gasteiger partial charge on any atom is -0.336 e. The van der Waals surface area contributed by atoms with Crippen molar-refractivity contribution in [1.82, 2.24) is 9.80 Å². The van der Waals surface area contributed by atoms with E-state index >= 15 is 0 Å². The van der Waals surface area contributed by atoms with E-state index in [1.165, 1.54) is 25.0 Å². The molecule has 0 N–H and O–H groups in total. The van der Waals surface area contributed by atoms with Gasteiger partial charge in [-0.3, -0.25) is 9.69 Å². The molecule has 1 fully saturated rings. The molecule has 1 aliphatic heterocycles. The summed E-state index contributed by atoms with van der Waals surface area (Å²) in [4.78, 5) is 16.5. The van der Waals surface area contributed by atoms with Gasteiger partial charge >= 0.3 is 0 Å². The van der Waals surface area contributed by atoms with Crippen molar-refractivity contribution in [3.05, 3.63) is 35.6 Å². The second-order valence-corrected chi connectivity index (χ2v) is 6.18.